The highest BCUT2D eigenvalue weighted by atomic mass is 79.9. The van der Waals surface area contributed by atoms with Crippen molar-refractivity contribution >= 4 is 21.8 Å². The van der Waals surface area contributed by atoms with Gasteiger partial charge in [-0.2, -0.15) is 4.73 Å². The van der Waals surface area contributed by atoms with Crippen LogP contribution in [0.3, 0.4) is 0 Å². The van der Waals surface area contributed by atoms with Gasteiger partial charge in [-0.15, -0.1) is 0 Å². The molecule has 1 amide bonds. The number of hydrogen-bond acceptors (Lipinski definition) is 2. The number of nitrogens with one attached hydrogen (secondary N) is 1. The van der Waals surface area contributed by atoms with Crippen molar-refractivity contribution in [3.05, 3.63) is 69.6 Å². The van der Waals surface area contributed by atoms with Crippen molar-refractivity contribution in [1.82, 2.24) is 5.32 Å². The highest BCUT2D eigenvalue weighted by molar-refractivity contribution is 9.10. The molecule has 0 unspecified atom stereocenters. The third-order valence-electron chi connectivity index (χ3n) is 3.54. The summed E-state index contributed by atoms with van der Waals surface area (Å²) in [6.45, 7) is 0. The number of amides is 1. The lowest BCUT2D eigenvalue weighted by molar-refractivity contribution is -0.605. The predicted molar refractivity (Wildman–Crippen MR) is 77.9 cm³/mol. The van der Waals surface area contributed by atoms with Crippen LogP contribution in [0.25, 0.3) is 0 Å². The number of carbonyl (C=O) groups is 1. The Balaban J connectivity index is 1.80. The Labute approximate surface area is 125 Å². The Morgan fingerprint density at radius 3 is 2.55 bits per heavy atom. The van der Waals surface area contributed by atoms with Crippen LogP contribution in [0.1, 0.15) is 28.8 Å². The molecule has 0 atom stereocenters. The quantitative estimate of drug-likeness (QED) is 0.693. The zero-order valence-electron chi connectivity index (χ0n) is 10.7. The van der Waals surface area contributed by atoms with Gasteiger partial charge in [0.1, 0.15) is 5.56 Å². The predicted octanol–water partition coefficient (Wildman–Crippen LogP) is 2.50. The Morgan fingerprint density at radius 1 is 1.25 bits per heavy atom. The van der Waals surface area contributed by atoms with Crippen LogP contribution in [0.5, 0.6) is 0 Å². The number of halogens is 1. The zero-order valence-corrected chi connectivity index (χ0v) is 12.3. The van der Waals surface area contributed by atoms with Crippen LogP contribution in [-0.2, 0) is 5.54 Å². The van der Waals surface area contributed by atoms with E-state index in [9.17, 15) is 10.0 Å². The standard InChI is InChI=1S/C15H13BrN2O2/c16-13-5-3-12(4-6-13)15(7-8-15)17-14(19)11-2-1-9-18(20)10-11/h1-6,9-10H,7-8H2,(H,17,19). The maximum absolute atomic E-state index is 12.2. The summed E-state index contributed by atoms with van der Waals surface area (Å²) in [5, 5.41) is 14.3. The largest absolute Gasteiger partial charge is 0.619 e. The Morgan fingerprint density at radius 2 is 1.95 bits per heavy atom. The minimum Gasteiger partial charge on any atom is -0.619 e. The first-order chi connectivity index (χ1) is 9.59. The van der Waals surface area contributed by atoms with Crippen molar-refractivity contribution in [2.45, 2.75) is 18.4 Å². The topological polar surface area (TPSA) is 56.0 Å². The van der Waals surface area contributed by atoms with E-state index in [4.69, 9.17) is 0 Å². The van der Waals surface area contributed by atoms with E-state index in [0.717, 1.165) is 22.9 Å². The monoisotopic (exact) mass is 332 g/mol. The minimum atomic E-state index is -0.276. The van der Waals surface area contributed by atoms with Gasteiger partial charge in [-0.25, -0.2) is 0 Å². The van der Waals surface area contributed by atoms with E-state index in [2.05, 4.69) is 21.2 Å². The molecule has 5 heteroatoms. The summed E-state index contributed by atoms with van der Waals surface area (Å²) < 4.78 is 1.65. The average molecular weight is 333 g/mol. The van der Waals surface area contributed by atoms with Gasteiger partial charge in [0.2, 0.25) is 0 Å². The van der Waals surface area contributed by atoms with Crippen molar-refractivity contribution in [2.75, 3.05) is 0 Å². The lowest BCUT2D eigenvalue weighted by Gasteiger charge is -2.18. The molecule has 0 bridgehead atoms. The molecule has 1 N–H and O–H groups in total. The van der Waals surface area contributed by atoms with Crippen LogP contribution < -0.4 is 10.0 Å². The Bertz CT molecular complexity index is 651. The lowest BCUT2D eigenvalue weighted by Crippen LogP contribution is -2.36. The molecular weight excluding hydrogens is 320 g/mol. The summed E-state index contributed by atoms with van der Waals surface area (Å²) in [4.78, 5) is 12.2. The number of nitrogens with zero attached hydrogens (tertiary/aromatic N) is 1. The number of rotatable bonds is 3. The zero-order chi connectivity index (χ0) is 14.2. The molecule has 0 radical (unpaired) electrons. The maximum atomic E-state index is 12.2. The fraction of sp³-hybridized carbons (Fsp3) is 0.200. The van der Waals surface area contributed by atoms with Gasteiger partial charge in [-0.1, -0.05) is 28.1 Å². The van der Waals surface area contributed by atoms with Gasteiger partial charge in [0.25, 0.3) is 5.91 Å². The third kappa shape index (κ3) is 2.54. The molecule has 1 aromatic carbocycles. The van der Waals surface area contributed by atoms with Crippen molar-refractivity contribution in [2.24, 2.45) is 0 Å². The summed E-state index contributed by atoms with van der Waals surface area (Å²) in [5.41, 5.74) is 1.20. The van der Waals surface area contributed by atoms with E-state index in [-0.39, 0.29) is 11.4 Å². The van der Waals surface area contributed by atoms with E-state index in [1.807, 2.05) is 24.3 Å². The molecule has 1 aromatic heterocycles. The molecule has 20 heavy (non-hydrogen) atoms. The summed E-state index contributed by atoms with van der Waals surface area (Å²) in [6.07, 6.45) is 4.49. The molecule has 102 valence electrons. The van der Waals surface area contributed by atoms with Crippen LogP contribution in [0.2, 0.25) is 0 Å². The minimum absolute atomic E-state index is 0.212. The van der Waals surface area contributed by atoms with Crippen molar-refractivity contribution in [1.29, 1.82) is 0 Å². The Kier molecular flexibility index (Phi) is 3.22. The van der Waals surface area contributed by atoms with Gasteiger partial charge in [-0.05, 0) is 36.6 Å². The molecule has 0 aliphatic heterocycles. The summed E-state index contributed by atoms with van der Waals surface area (Å²) in [7, 11) is 0. The highest BCUT2D eigenvalue weighted by Crippen LogP contribution is 2.45. The summed E-state index contributed by atoms with van der Waals surface area (Å²) >= 11 is 3.40. The molecule has 0 saturated heterocycles. The molecule has 2 aromatic rings. The second-order valence-electron chi connectivity index (χ2n) is 5.00. The smallest absolute Gasteiger partial charge is 0.258 e. The number of hydrogen-bond donors (Lipinski definition) is 1. The molecular formula is C15H13BrN2O2. The molecule has 0 spiro atoms. The van der Waals surface area contributed by atoms with Crippen LogP contribution >= 0.6 is 15.9 Å². The second-order valence-corrected chi connectivity index (χ2v) is 5.91. The molecule has 4 nitrogen and oxygen atoms in total. The van der Waals surface area contributed by atoms with Gasteiger partial charge >= 0.3 is 0 Å². The normalized spacial score (nSPS) is 15.7. The van der Waals surface area contributed by atoms with Gasteiger partial charge in [0.15, 0.2) is 12.4 Å². The maximum Gasteiger partial charge on any atom is 0.258 e. The summed E-state index contributed by atoms with van der Waals surface area (Å²) in [6, 6.07) is 11.2. The third-order valence-corrected chi connectivity index (χ3v) is 4.07. The molecule has 1 saturated carbocycles. The fourth-order valence-electron chi connectivity index (χ4n) is 2.26. The van der Waals surface area contributed by atoms with E-state index in [1.54, 1.807) is 12.1 Å². The lowest BCUT2D eigenvalue weighted by atomic mass is 10.0. The van der Waals surface area contributed by atoms with Crippen molar-refractivity contribution < 1.29 is 9.52 Å². The van der Waals surface area contributed by atoms with Crippen LogP contribution in [-0.4, -0.2) is 5.91 Å². The molecule has 1 aliphatic rings. The average Bonchev–Trinajstić information content (AvgIpc) is 3.20. The van der Waals surface area contributed by atoms with Crippen LogP contribution in [0, 0.1) is 5.21 Å². The number of carbonyl (C=O) groups excluding carboxylic acids is 1. The molecule has 1 heterocycles. The molecule has 3 rings (SSSR count). The second kappa shape index (κ2) is 4.90. The number of benzene rings is 1. The van der Waals surface area contributed by atoms with Gasteiger partial charge in [0.05, 0.1) is 5.54 Å². The SMILES string of the molecule is O=C(NC1(c2ccc(Br)cc2)CC1)c1ccc[n+]([O-])c1. The first-order valence-corrected chi connectivity index (χ1v) is 7.16. The van der Waals surface area contributed by atoms with Crippen molar-refractivity contribution in [3.8, 4) is 0 Å². The fourth-order valence-corrected chi connectivity index (χ4v) is 2.52. The molecule has 1 fully saturated rings. The van der Waals surface area contributed by atoms with E-state index in [1.165, 1.54) is 12.4 Å². The van der Waals surface area contributed by atoms with Crippen LogP contribution in [0.4, 0.5) is 0 Å². The van der Waals surface area contributed by atoms with Gasteiger partial charge < -0.3 is 10.5 Å². The van der Waals surface area contributed by atoms with Crippen molar-refractivity contribution in [3.63, 3.8) is 0 Å². The van der Waals surface area contributed by atoms with E-state index in [0.29, 0.717) is 10.3 Å². The van der Waals surface area contributed by atoms with E-state index < -0.39 is 0 Å². The number of aromatic nitrogens is 1. The number of pyridine rings is 1. The molecule has 1 aliphatic carbocycles. The first kappa shape index (κ1) is 13.1. The van der Waals surface area contributed by atoms with Gasteiger partial charge in [-0.3, -0.25) is 4.79 Å². The van der Waals surface area contributed by atoms with Gasteiger partial charge in [0, 0.05) is 10.5 Å². The highest BCUT2D eigenvalue weighted by Gasteiger charge is 2.45. The summed E-state index contributed by atoms with van der Waals surface area (Å²) in [5.74, 6) is -0.212. The van der Waals surface area contributed by atoms with Crippen LogP contribution in [0.15, 0.2) is 53.3 Å². The van der Waals surface area contributed by atoms with E-state index >= 15 is 0 Å². The Hall–Kier alpha value is -1.88. The first-order valence-electron chi connectivity index (χ1n) is 6.36.